The van der Waals surface area contributed by atoms with Gasteiger partial charge in [-0.3, -0.25) is 4.79 Å². The summed E-state index contributed by atoms with van der Waals surface area (Å²) in [4.78, 5) is 15.4. The van der Waals surface area contributed by atoms with Crippen LogP contribution in [0.5, 0.6) is 0 Å². The van der Waals surface area contributed by atoms with Crippen LogP contribution in [0.3, 0.4) is 0 Å². The smallest absolute Gasteiger partial charge is 0.378 e. The summed E-state index contributed by atoms with van der Waals surface area (Å²) in [5.41, 5.74) is -0.0667. The summed E-state index contributed by atoms with van der Waals surface area (Å²) in [5, 5.41) is 7.68. The molecule has 1 aliphatic heterocycles. The Hall–Kier alpha value is -2.10. The lowest BCUT2D eigenvalue weighted by atomic mass is 10.1. The van der Waals surface area contributed by atoms with Crippen LogP contribution in [0, 0.1) is 0 Å². The molecule has 3 rings (SSSR count). The predicted octanol–water partition coefficient (Wildman–Crippen LogP) is 3.89. The van der Waals surface area contributed by atoms with Crippen LogP contribution in [0.2, 0.25) is 0 Å². The van der Waals surface area contributed by atoms with E-state index in [2.05, 4.69) is 10.6 Å². The van der Waals surface area contributed by atoms with Crippen LogP contribution >= 0.6 is 11.3 Å². The molecule has 1 aliphatic rings. The predicted molar refractivity (Wildman–Crippen MR) is 104 cm³/mol. The Labute approximate surface area is 165 Å². The van der Waals surface area contributed by atoms with Gasteiger partial charge in [-0.05, 0) is 36.6 Å². The number of benzene rings is 1. The molecule has 0 aliphatic carbocycles. The molecule has 2 N–H and O–H groups in total. The van der Waals surface area contributed by atoms with Crippen LogP contribution < -0.4 is 15.5 Å². The van der Waals surface area contributed by atoms with Crippen molar-refractivity contribution in [2.75, 3.05) is 43.1 Å². The van der Waals surface area contributed by atoms with Gasteiger partial charge in [0.05, 0.1) is 36.7 Å². The molecule has 1 amide bonds. The molecule has 152 valence electrons. The first kappa shape index (κ1) is 20.6. The van der Waals surface area contributed by atoms with E-state index in [4.69, 9.17) is 4.74 Å². The van der Waals surface area contributed by atoms with Crippen molar-refractivity contribution in [3.8, 4) is 0 Å². The number of nitrogens with zero attached hydrogens (tertiary/aromatic N) is 1. The number of ether oxygens (including phenoxy) is 1. The summed E-state index contributed by atoms with van der Waals surface area (Å²) in [5.74, 6) is -0.391. The molecule has 2 aromatic rings. The molecule has 2 heterocycles. The van der Waals surface area contributed by atoms with Crippen molar-refractivity contribution in [1.82, 2.24) is 5.32 Å². The molecule has 5 nitrogen and oxygen atoms in total. The lowest BCUT2D eigenvalue weighted by molar-refractivity contribution is -0.137. The summed E-state index contributed by atoms with van der Waals surface area (Å²) in [6, 6.07) is 7.30. The van der Waals surface area contributed by atoms with Gasteiger partial charge >= 0.3 is 6.18 Å². The van der Waals surface area contributed by atoms with Crippen molar-refractivity contribution in [1.29, 1.82) is 0 Å². The number of alkyl halides is 3. The first-order valence-corrected chi connectivity index (χ1v) is 9.83. The second-order valence-corrected chi connectivity index (χ2v) is 7.47. The fraction of sp³-hybridized carbons (Fsp3) is 0.421. The third kappa shape index (κ3) is 5.24. The minimum Gasteiger partial charge on any atom is -0.378 e. The molecule has 1 atom stereocenters. The van der Waals surface area contributed by atoms with Gasteiger partial charge in [-0.1, -0.05) is 6.07 Å². The molecule has 28 heavy (non-hydrogen) atoms. The third-order valence-electron chi connectivity index (χ3n) is 4.49. The largest absolute Gasteiger partial charge is 0.416 e. The minimum atomic E-state index is -4.48. The lowest BCUT2D eigenvalue weighted by Crippen LogP contribution is -2.37. The number of carbonyl (C=O) groups is 1. The zero-order valence-corrected chi connectivity index (χ0v) is 16.2. The van der Waals surface area contributed by atoms with Gasteiger partial charge in [0.1, 0.15) is 0 Å². The maximum absolute atomic E-state index is 13.1. The van der Waals surface area contributed by atoms with Gasteiger partial charge in [-0.2, -0.15) is 13.2 Å². The third-order valence-corrected chi connectivity index (χ3v) is 5.54. The number of amides is 1. The average Bonchev–Trinajstić information content (AvgIpc) is 3.21. The van der Waals surface area contributed by atoms with Gasteiger partial charge in [-0.15, -0.1) is 11.3 Å². The molecule has 1 unspecified atom stereocenters. The SMILES string of the molecule is CC(NCC(=O)Nc1cc(C(F)(F)F)ccc1N1CCOCC1)c1cccs1. The van der Waals surface area contributed by atoms with E-state index in [9.17, 15) is 18.0 Å². The standard InChI is InChI=1S/C19H22F3N3O2S/c1-13(17-3-2-10-28-17)23-12-18(26)24-15-11-14(19(20,21)22)4-5-16(15)25-6-8-27-9-7-25/h2-5,10-11,13,23H,6-9,12H2,1H3,(H,24,26). The molecule has 1 aromatic carbocycles. The van der Waals surface area contributed by atoms with Gasteiger partial charge in [0.2, 0.25) is 5.91 Å². The van der Waals surface area contributed by atoms with Crippen molar-refractivity contribution < 1.29 is 22.7 Å². The molecule has 1 saturated heterocycles. The van der Waals surface area contributed by atoms with Crippen molar-refractivity contribution >= 4 is 28.6 Å². The lowest BCUT2D eigenvalue weighted by Gasteiger charge is -2.31. The molecule has 1 fully saturated rings. The van der Waals surface area contributed by atoms with E-state index >= 15 is 0 Å². The fourth-order valence-electron chi connectivity index (χ4n) is 2.97. The Kier molecular flexibility index (Phi) is 6.58. The minimum absolute atomic E-state index is 0.00212. The molecule has 0 radical (unpaired) electrons. The molecule has 0 bridgehead atoms. The molecule has 1 aromatic heterocycles. The topological polar surface area (TPSA) is 53.6 Å². The Morgan fingerprint density at radius 2 is 2.04 bits per heavy atom. The van der Waals surface area contributed by atoms with Crippen LogP contribution in [0.25, 0.3) is 0 Å². The highest BCUT2D eigenvalue weighted by Crippen LogP contribution is 2.35. The number of carbonyl (C=O) groups excluding carboxylic acids is 1. The van der Waals surface area contributed by atoms with Crippen molar-refractivity contribution in [2.45, 2.75) is 19.1 Å². The van der Waals surface area contributed by atoms with E-state index in [-0.39, 0.29) is 18.3 Å². The van der Waals surface area contributed by atoms with Gasteiger partial charge in [-0.25, -0.2) is 0 Å². The Balaban J connectivity index is 1.73. The Bertz CT molecular complexity index is 790. The number of halogens is 3. The quantitative estimate of drug-likeness (QED) is 0.755. The second kappa shape index (κ2) is 8.93. The first-order valence-electron chi connectivity index (χ1n) is 8.95. The van der Waals surface area contributed by atoms with Crippen molar-refractivity contribution in [2.24, 2.45) is 0 Å². The zero-order chi connectivity index (χ0) is 20.1. The summed E-state index contributed by atoms with van der Waals surface area (Å²) in [6.07, 6.45) is -4.48. The maximum atomic E-state index is 13.1. The van der Waals surface area contributed by atoms with Gasteiger partial charge in [0.25, 0.3) is 0 Å². The van der Waals surface area contributed by atoms with Gasteiger partial charge in [0, 0.05) is 24.0 Å². The first-order chi connectivity index (χ1) is 13.3. The molecular formula is C19H22F3N3O2S. The summed E-state index contributed by atoms with van der Waals surface area (Å²) in [6.45, 7) is 4.03. The van der Waals surface area contributed by atoms with E-state index in [1.165, 1.54) is 6.07 Å². The highest BCUT2D eigenvalue weighted by molar-refractivity contribution is 7.10. The zero-order valence-electron chi connectivity index (χ0n) is 15.4. The van der Waals surface area contributed by atoms with E-state index < -0.39 is 17.6 Å². The van der Waals surface area contributed by atoms with Crippen LogP contribution in [0.15, 0.2) is 35.7 Å². The number of hydrogen-bond acceptors (Lipinski definition) is 5. The number of thiophene rings is 1. The van der Waals surface area contributed by atoms with Crippen molar-refractivity contribution in [3.05, 3.63) is 46.2 Å². The molecule has 9 heteroatoms. The maximum Gasteiger partial charge on any atom is 0.416 e. The normalized spacial score (nSPS) is 16.1. The number of hydrogen-bond donors (Lipinski definition) is 2. The summed E-state index contributed by atoms with van der Waals surface area (Å²) < 4.78 is 44.7. The number of rotatable bonds is 6. The number of morpholine rings is 1. The second-order valence-electron chi connectivity index (χ2n) is 6.50. The summed E-state index contributed by atoms with van der Waals surface area (Å²) >= 11 is 1.57. The molecular weight excluding hydrogens is 391 g/mol. The summed E-state index contributed by atoms with van der Waals surface area (Å²) in [7, 11) is 0. The molecule has 0 spiro atoms. The monoisotopic (exact) mass is 413 g/mol. The highest BCUT2D eigenvalue weighted by atomic mass is 32.1. The van der Waals surface area contributed by atoms with Crippen LogP contribution in [0.1, 0.15) is 23.4 Å². The van der Waals surface area contributed by atoms with Crippen LogP contribution in [0.4, 0.5) is 24.5 Å². The average molecular weight is 413 g/mol. The number of nitrogens with one attached hydrogen (secondary N) is 2. The van der Waals surface area contributed by atoms with Crippen molar-refractivity contribution in [3.63, 3.8) is 0 Å². The van der Waals surface area contributed by atoms with E-state index in [1.807, 2.05) is 29.3 Å². The number of anilines is 2. The van der Waals surface area contributed by atoms with E-state index in [0.717, 1.165) is 17.0 Å². The molecule has 0 saturated carbocycles. The van der Waals surface area contributed by atoms with Gasteiger partial charge in [0.15, 0.2) is 0 Å². The van der Waals surface area contributed by atoms with E-state index in [0.29, 0.717) is 32.0 Å². The van der Waals surface area contributed by atoms with Crippen LogP contribution in [-0.4, -0.2) is 38.8 Å². The highest BCUT2D eigenvalue weighted by Gasteiger charge is 2.32. The Morgan fingerprint density at radius 1 is 1.29 bits per heavy atom. The van der Waals surface area contributed by atoms with E-state index in [1.54, 1.807) is 11.3 Å². The van der Waals surface area contributed by atoms with Crippen LogP contribution in [-0.2, 0) is 15.7 Å². The van der Waals surface area contributed by atoms with Gasteiger partial charge < -0.3 is 20.3 Å². The Morgan fingerprint density at radius 3 is 2.68 bits per heavy atom. The fourth-order valence-corrected chi connectivity index (χ4v) is 3.73.